The van der Waals surface area contributed by atoms with Crippen molar-refractivity contribution in [3.63, 3.8) is 0 Å². The van der Waals surface area contributed by atoms with Crippen LogP contribution in [0.5, 0.6) is 5.75 Å². The first-order valence-electron chi connectivity index (χ1n) is 5.13. The second-order valence-corrected chi connectivity index (χ2v) is 4.31. The highest BCUT2D eigenvalue weighted by Crippen LogP contribution is 2.19. The van der Waals surface area contributed by atoms with Gasteiger partial charge in [0.2, 0.25) is 0 Å². The summed E-state index contributed by atoms with van der Waals surface area (Å²) < 4.78 is 11.2. The molecule has 0 N–H and O–H groups in total. The van der Waals surface area contributed by atoms with E-state index in [1.165, 1.54) is 7.11 Å². The molecule has 0 spiro atoms. The molecule has 4 heteroatoms. The Morgan fingerprint density at radius 3 is 2.81 bits per heavy atom. The van der Waals surface area contributed by atoms with E-state index in [0.717, 1.165) is 10.2 Å². The molecule has 3 nitrogen and oxygen atoms in total. The summed E-state index contributed by atoms with van der Waals surface area (Å²) in [5, 5.41) is 0. The molecule has 0 aliphatic rings. The highest BCUT2D eigenvalue weighted by atomic mass is 79.9. The van der Waals surface area contributed by atoms with Crippen LogP contribution in [0.25, 0.3) is 0 Å². The minimum Gasteiger partial charge on any atom is -0.493 e. The molecule has 0 aliphatic heterocycles. The summed E-state index contributed by atoms with van der Waals surface area (Å²) in [6.45, 7) is 2.28. The van der Waals surface area contributed by atoms with Crippen molar-refractivity contribution in [2.45, 2.75) is 13.3 Å². The summed E-state index contributed by atoms with van der Waals surface area (Å²) in [7, 11) is 1.39. The molecular formula is C12H15BrO3. The molecule has 0 aliphatic carbocycles. The molecule has 1 aromatic rings. The molecule has 0 saturated heterocycles. The molecule has 16 heavy (non-hydrogen) atoms. The standard InChI is InChI=1S/C12H15BrO3/c1-3-9(12(14)15-2)8-16-11-6-4-5-10(13)7-11/h4-7,9H,3,8H2,1-2H3. The maximum absolute atomic E-state index is 11.3. The smallest absolute Gasteiger partial charge is 0.312 e. The first kappa shape index (κ1) is 13.0. The second kappa shape index (κ2) is 6.53. The number of esters is 1. The van der Waals surface area contributed by atoms with E-state index in [9.17, 15) is 4.79 Å². The van der Waals surface area contributed by atoms with E-state index in [4.69, 9.17) is 4.74 Å². The molecule has 0 saturated carbocycles. The zero-order chi connectivity index (χ0) is 12.0. The van der Waals surface area contributed by atoms with Gasteiger partial charge < -0.3 is 9.47 Å². The van der Waals surface area contributed by atoms with E-state index >= 15 is 0 Å². The van der Waals surface area contributed by atoms with Crippen LogP contribution in [0.3, 0.4) is 0 Å². The van der Waals surface area contributed by atoms with E-state index in [-0.39, 0.29) is 11.9 Å². The van der Waals surface area contributed by atoms with Crippen LogP contribution in [0.15, 0.2) is 28.7 Å². The Labute approximate surface area is 104 Å². The summed E-state index contributed by atoms with van der Waals surface area (Å²) in [4.78, 5) is 11.3. The summed E-state index contributed by atoms with van der Waals surface area (Å²) >= 11 is 3.36. The average Bonchev–Trinajstić information content (AvgIpc) is 2.29. The highest BCUT2D eigenvalue weighted by molar-refractivity contribution is 9.10. The van der Waals surface area contributed by atoms with Crippen molar-refractivity contribution in [1.29, 1.82) is 0 Å². The Balaban J connectivity index is 2.52. The molecule has 1 unspecified atom stereocenters. The van der Waals surface area contributed by atoms with Gasteiger partial charge in [-0.15, -0.1) is 0 Å². The Morgan fingerprint density at radius 1 is 1.50 bits per heavy atom. The van der Waals surface area contributed by atoms with Gasteiger partial charge in [-0.05, 0) is 24.6 Å². The Kier molecular flexibility index (Phi) is 5.32. The predicted molar refractivity (Wildman–Crippen MR) is 65.4 cm³/mol. The van der Waals surface area contributed by atoms with Gasteiger partial charge in [-0.25, -0.2) is 0 Å². The summed E-state index contributed by atoms with van der Waals surface area (Å²) in [5.41, 5.74) is 0. The molecule has 1 rings (SSSR count). The number of rotatable bonds is 5. The fourth-order valence-corrected chi connectivity index (χ4v) is 1.65. The number of hydrogen-bond acceptors (Lipinski definition) is 3. The van der Waals surface area contributed by atoms with E-state index in [1.807, 2.05) is 31.2 Å². The second-order valence-electron chi connectivity index (χ2n) is 3.40. The first-order valence-corrected chi connectivity index (χ1v) is 5.92. The lowest BCUT2D eigenvalue weighted by molar-refractivity contribution is -0.146. The zero-order valence-corrected chi connectivity index (χ0v) is 11.0. The quantitative estimate of drug-likeness (QED) is 0.781. The lowest BCUT2D eigenvalue weighted by atomic mass is 10.1. The van der Waals surface area contributed by atoms with Crippen LogP contribution in [0.2, 0.25) is 0 Å². The predicted octanol–water partition coefficient (Wildman–Crippen LogP) is 3.03. The summed E-state index contributed by atoms with van der Waals surface area (Å²) in [6.07, 6.45) is 0.709. The van der Waals surface area contributed by atoms with Crippen molar-refractivity contribution in [1.82, 2.24) is 0 Å². The third-order valence-corrected chi connectivity index (χ3v) is 2.77. The van der Waals surface area contributed by atoms with Crippen LogP contribution >= 0.6 is 15.9 Å². The number of carbonyl (C=O) groups is 1. The minimum atomic E-state index is -0.225. The monoisotopic (exact) mass is 286 g/mol. The number of hydrogen-bond donors (Lipinski definition) is 0. The lowest BCUT2D eigenvalue weighted by Gasteiger charge is -2.13. The van der Waals surface area contributed by atoms with Crippen LogP contribution in [-0.4, -0.2) is 19.7 Å². The SMILES string of the molecule is CCC(COc1cccc(Br)c1)C(=O)OC. The van der Waals surface area contributed by atoms with Gasteiger partial charge in [0.15, 0.2) is 0 Å². The molecule has 1 atom stereocenters. The molecule has 0 bridgehead atoms. The Bertz CT molecular complexity index is 352. The van der Waals surface area contributed by atoms with Crippen LogP contribution in [0.4, 0.5) is 0 Å². The van der Waals surface area contributed by atoms with Gasteiger partial charge in [0.25, 0.3) is 0 Å². The summed E-state index contributed by atoms with van der Waals surface area (Å²) in [5.74, 6) is 0.318. The first-order chi connectivity index (χ1) is 7.67. The fourth-order valence-electron chi connectivity index (χ4n) is 1.27. The average molecular weight is 287 g/mol. The van der Waals surface area contributed by atoms with Gasteiger partial charge in [-0.3, -0.25) is 4.79 Å². The van der Waals surface area contributed by atoms with Crippen molar-refractivity contribution in [2.24, 2.45) is 5.92 Å². The van der Waals surface area contributed by atoms with Crippen molar-refractivity contribution in [3.05, 3.63) is 28.7 Å². The van der Waals surface area contributed by atoms with E-state index in [0.29, 0.717) is 13.0 Å². The van der Waals surface area contributed by atoms with Crippen LogP contribution in [0.1, 0.15) is 13.3 Å². The van der Waals surface area contributed by atoms with Gasteiger partial charge in [-0.1, -0.05) is 28.9 Å². The maximum Gasteiger partial charge on any atom is 0.312 e. The maximum atomic E-state index is 11.3. The number of methoxy groups -OCH3 is 1. The largest absolute Gasteiger partial charge is 0.493 e. The van der Waals surface area contributed by atoms with Gasteiger partial charge in [0.1, 0.15) is 12.4 Å². The number of carbonyl (C=O) groups excluding carboxylic acids is 1. The fraction of sp³-hybridized carbons (Fsp3) is 0.417. The third-order valence-electron chi connectivity index (χ3n) is 2.27. The van der Waals surface area contributed by atoms with Gasteiger partial charge in [0, 0.05) is 4.47 Å². The number of halogens is 1. The molecule has 0 aromatic heterocycles. The molecule has 88 valence electrons. The minimum absolute atomic E-state index is 0.205. The zero-order valence-electron chi connectivity index (χ0n) is 9.40. The van der Waals surface area contributed by atoms with Gasteiger partial charge in [0.05, 0.1) is 13.0 Å². The summed E-state index contributed by atoms with van der Waals surface area (Å²) in [6, 6.07) is 7.53. The van der Waals surface area contributed by atoms with Gasteiger partial charge in [-0.2, -0.15) is 0 Å². The van der Waals surface area contributed by atoms with Crippen molar-refractivity contribution < 1.29 is 14.3 Å². The third kappa shape index (κ3) is 3.85. The normalized spacial score (nSPS) is 11.9. The van der Waals surface area contributed by atoms with E-state index in [2.05, 4.69) is 20.7 Å². The van der Waals surface area contributed by atoms with Crippen molar-refractivity contribution in [3.8, 4) is 5.75 Å². The lowest BCUT2D eigenvalue weighted by Crippen LogP contribution is -2.22. The van der Waals surface area contributed by atoms with Crippen LogP contribution < -0.4 is 4.74 Å². The molecule has 0 fully saturated rings. The molecular weight excluding hydrogens is 272 g/mol. The Hall–Kier alpha value is -1.03. The topological polar surface area (TPSA) is 35.5 Å². The van der Waals surface area contributed by atoms with Crippen molar-refractivity contribution >= 4 is 21.9 Å². The number of benzene rings is 1. The molecule has 0 heterocycles. The van der Waals surface area contributed by atoms with Crippen molar-refractivity contribution in [2.75, 3.05) is 13.7 Å². The Morgan fingerprint density at radius 2 is 2.25 bits per heavy atom. The van der Waals surface area contributed by atoms with Crippen LogP contribution in [-0.2, 0) is 9.53 Å². The van der Waals surface area contributed by atoms with E-state index in [1.54, 1.807) is 0 Å². The van der Waals surface area contributed by atoms with Crippen LogP contribution in [0, 0.1) is 5.92 Å². The molecule has 0 radical (unpaired) electrons. The molecule has 0 amide bonds. The van der Waals surface area contributed by atoms with E-state index < -0.39 is 0 Å². The van der Waals surface area contributed by atoms with Gasteiger partial charge >= 0.3 is 5.97 Å². The number of ether oxygens (including phenoxy) is 2. The molecule has 1 aromatic carbocycles. The highest BCUT2D eigenvalue weighted by Gasteiger charge is 2.17.